The van der Waals surface area contributed by atoms with Gasteiger partial charge in [0.15, 0.2) is 0 Å². The zero-order chi connectivity index (χ0) is 27.4. The number of alkyl halides is 1. The smallest absolute Gasteiger partial charge is 0.261 e. The summed E-state index contributed by atoms with van der Waals surface area (Å²) >= 11 is 6.32. The van der Waals surface area contributed by atoms with Gasteiger partial charge in [0.05, 0.1) is 41.9 Å². The Balaban J connectivity index is 1.34. The van der Waals surface area contributed by atoms with Crippen LogP contribution in [-0.2, 0) is 17.7 Å². The molecule has 0 atom stereocenters. The summed E-state index contributed by atoms with van der Waals surface area (Å²) in [4.78, 5) is 30.7. The molecule has 0 amide bonds. The number of rotatable bonds is 11. The maximum Gasteiger partial charge on any atom is 0.261 e. The van der Waals surface area contributed by atoms with E-state index in [1.54, 1.807) is 24.2 Å². The second-order valence-corrected chi connectivity index (χ2v) is 10.4. The molecule has 0 radical (unpaired) electrons. The number of piperidine rings is 1. The largest absolute Gasteiger partial charge is 0.384 e. The number of ether oxygens (including phenoxy) is 1. The predicted molar refractivity (Wildman–Crippen MR) is 153 cm³/mol. The molecule has 3 aromatic heterocycles. The van der Waals surface area contributed by atoms with E-state index < -0.39 is 6.67 Å². The van der Waals surface area contributed by atoms with Gasteiger partial charge in [0.25, 0.3) is 5.56 Å². The first kappa shape index (κ1) is 27.4. The Morgan fingerprint density at radius 3 is 2.85 bits per heavy atom. The summed E-state index contributed by atoms with van der Waals surface area (Å²) in [5, 5.41) is 3.77. The van der Waals surface area contributed by atoms with Crippen LogP contribution in [0.15, 0.2) is 35.5 Å². The number of aromatic amines is 2. The van der Waals surface area contributed by atoms with Gasteiger partial charge in [-0.15, -0.1) is 0 Å². The Bertz CT molecular complexity index is 1470. The third kappa shape index (κ3) is 6.03. The Morgan fingerprint density at radius 1 is 1.26 bits per heavy atom. The summed E-state index contributed by atoms with van der Waals surface area (Å²) in [6.45, 7) is 6.11. The number of nitrogens with one attached hydrogen (secondary N) is 3. The molecule has 5 rings (SSSR count). The lowest BCUT2D eigenvalue weighted by molar-refractivity contribution is 0.130. The van der Waals surface area contributed by atoms with Gasteiger partial charge < -0.3 is 29.5 Å². The van der Waals surface area contributed by atoms with Crippen LogP contribution in [0.3, 0.4) is 0 Å². The lowest BCUT2D eigenvalue weighted by atomic mass is 9.88. The number of hydrogen-bond donors (Lipinski definition) is 3. The zero-order valence-corrected chi connectivity index (χ0v) is 23.2. The second kappa shape index (κ2) is 12.3. The second-order valence-electron chi connectivity index (χ2n) is 10.1. The molecule has 0 aliphatic carbocycles. The SMILES string of the molecule is COCCN1CCC(c2cc(C)c3nc(-c4c(NCCc5ncn(CCF)c5Cl)cc[nH]c4=O)[nH]c3c2)CC1. The maximum absolute atomic E-state index is 12.9. The first-order valence-corrected chi connectivity index (χ1v) is 13.8. The lowest BCUT2D eigenvalue weighted by Gasteiger charge is -2.32. The van der Waals surface area contributed by atoms with Gasteiger partial charge in [-0.25, -0.2) is 14.4 Å². The molecule has 0 bridgehead atoms. The van der Waals surface area contributed by atoms with Crippen molar-refractivity contribution < 1.29 is 9.13 Å². The predicted octanol–water partition coefficient (Wildman–Crippen LogP) is 4.53. The Kier molecular flexibility index (Phi) is 8.64. The lowest BCUT2D eigenvalue weighted by Crippen LogP contribution is -2.35. The molecule has 11 heteroatoms. The van der Waals surface area contributed by atoms with Gasteiger partial charge in [-0.3, -0.25) is 4.79 Å². The molecule has 3 N–H and O–H groups in total. The molecular weight excluding hydrogens is 521 g/mol. The molecule has 4 heterocycles. The average Bonchev–Trinajstić information content (AvgIpc) is 3.52. The van der Waals surface area contributed by atoms with Crippen LogP contribution in [0.5, 0.6) is 0 Å². The molecule has 1 aliphatic heterocycles. The topological polar surface area (TPSA) is 104 Å². The fourth-order valence-corrected chi connectivity index (χ4v) is 5.65. The Hall–Kier alpha value is -3.21. The summed E-state index contributed by atoms with van der Waals surface area (Å²) in [6, 6.07) is 6.25. The van der Waals surface area contributed by atoms with E-state index in [9.17, 15) is 9.18 Å². The molecule has 0 spiro atoms. The highest BCUT2D eigenvalue weighted by Crippen LogP contribution is 2.33. The number of nitrogens with zero attached hydrogens (tertiary/aromatic N) is 4. The molecule has 39 heavy (non-hydrogen) atoms. The first-order chi connectivity index (χ1) is 19.0. The normalized spacial score (nSPS) is 14.9. The molecule has 1 saturated heterocycles. The summed E-state index contributed by atoms with van der Waals surface area (Å²) < 4.78 is 19.5. The van der Waals surface area contributed by atoms with Crippen LogP contribution >= 0.6 is 11.6 Å². The van der Waals surface area contributed by atoms with E-state index in [1.807, 2.05) is 6.07 Å². The number of methoxy groups -OCH3 is 1. The number of H-pyrrole nitrogens is 2. The minimum atomic E-state index is -0.503. The van der Waals surface area contributed by atoms with Gasteiger partial charge in [0.1, 0.15) is 23.2 Å². The number of aromatic nitrogens is 5. The van der Waals surface area contributed by atoms with E-state index in [0.29, 0.717) is 46.8 Å². The number of anilines is 1. The zero-order valence-electron chi connectivity index (χ0n) is 22.4. The maximum atomic E-state index is 12.9. The molecular formula is C28H35ClFN7O2. The summed E-state index contributed by atoms with van der Waals surface area (Å²) in [7, 11) is 1.75. The summed E-state index contributed by atoms with van der Waals surface area (Å²) in [5.74, 6) is 1.02. The monoisotopic (exact) mass is 555 g/mol. The number of aryl methyl sites for hydroxylation is 2. The number of pyridine rings is 1. The highest BCUT2D eigenvalue weighted by Gasteiger charge is 2.22. The van der Waals surface area contributed by atoms with Crippen molar-refractivity contribution in [2.45, 2.75) is 38.6 Å². The number of fused-ring (bicyclic) bond motifs is 1. The number of halogens is 2. The Labute approximate surface area is 231 Å². The minimum Gasteiger partial charge on any atom is -0.384 e. The molecule has 1 aromatic carbocycles. The summed E-state index contributed by atoms with van der Waals surface area (Å²) in [6.07, 6.45) is 5.90. The molecule has 0 unspecified atom stereocenters. The van der Waals surface area contributed by atoms with Crippen LogP contribution in [0, 0.1) is 6.92 Å². The van der Waals surface area contributed by atoms with E-state index in [4.69, 9.17) is 21.3 Å². The van der Waals surface area contributed by atoms with Crippen molar-refractivity contribution in [1.82, 2.24) is 29.4 Å². The highest BCUT2D eigenvalue weighted by molar-refractivity contribution is 6.30. The molecule has 4 aromatic rings. The van der Waals surface area contributed by atoms with Crippen LogP contribution in [0.25, 0.3) is 22.4 Å². The van der Waals surface area contributed by atoms with Crippen molar-refractivity contribution in [2.24, 2.45) is 0 Å². The third-order valence-corrected chi connectivity index (χ3v) is 7.95. The van der Waals surface area contributed by atoms with Crippen LogP contribution in [0.1, 0.15) is 35.6 Å². The third-order valence-electron chi connectivity index (χ3n) is 7.51. The quantitative estimate of drug-likeness (QED) is 0.251. The fourth-order valence-electron chi connectivity index (χ4n) is 5.38. The van der Waals surface area contributed by atoms with Gasteiger partial charge in [-0.1, -0.05) is 17.7 Å². The van der Waals surface area contributed by atoms with Gasteiger partial charge in [-0.05, 0) is 62.0 Å². The minimum absolute atomic E-state index is 0.179. The number of hydrogen-bond acceptors (Lipinski definition) is 6. The fraction of sp³-hybridized carbons (Fsp3) is 0.464. The van der Waals surface area contributed by atoms with Crippen molar-refractivity contribution in [2.75, 3.05) is 51.9 Å². The van der Waals surface area contributed by atoms with Crippen LogP contribution < -0.4 is 10.9 Å². The number of imidazole rings is 2. The average molecular weight is 556 g/mol. The Morgan fingerprint density at radius 2 is 2.08 bits per heavy atom. The van der Waals surface area contributed by atoms with Gasteiger partial charge >= 0.3 is 0 Å². The van der Waals surface area contributed by atoms with Crippen molar-refractivity contribution in [1.29, 1.82) is 0 Å². The van der Waals surface area contributed by atoms with Crippen molar-refractivity contribution in [3.63, 3.8) is 0 Å². The van der Waals surface area contributed by atoms with Crippen molar-refractivity contribution >= 4 is 28.3 Å². The van der Waals surface area contributed by atoms with Gasteiger partial charge in [0, 0.05) is 32.8 Å². The molecule has 9 nitrogen and oxygen atoms in total. The number of benzene rings is 1. The molecule has 208 valence electrons. The first-order valence-electron chi connectivity index (χ1n) is 13.4. The standard InChI is InChI=1S/C28H35ClFN7O2/c1-18-15-20(19-5-10-36(11-6-19)13-14-39-2)16-23-25(18)35-27(34-23)24-21(3-9-32-28(24)38)31-8-4-22-26(29)37(12-7-30)17-33-22/h3,9,15-17,19H,4-8,10-14H2,1-2H3,(H,34,35)(H2,31,32,38). The van der Waals surface area contributed by atoms with E-state index >= 15 is 0 Å². The van der Waals surface area contributed by atoms with Gasteiger partial charge in [0.2, 0.25) is 0 Å². The summed E-state index contributed by atoms with van der Waals surface area (Å²) in [5.41, 5.74) is 5.77. The van der Waals surface area contributed by atoms with Gasteiger partial charge in [-0.2, -0.15) is 0 Å². The molecule has 1 aliphatic rings. The number of likely N-dealkylation sites (tertiary alicyclic amines) is 1. The van der Waals surface area contributed by atoms with Crippen molar-refractivity contribution in [3.05, 3.63) is 63.1 Å². The van der Waals surface area contributed by atoms with Crippen LogP contribution in [0.4, 0.5) is 10.1 Å². The molecule has 0 saturated carbocycles. The van der Waals surface area contributed by atoms with E-state index in [-0.39, 0.29) is 12.1 Å². The molecule has 1 fully saturated rings. The van der Waals surface area contributed by atoms with E-state index in [1.165, 1.54) is 5.56 Å². The van der Waals surface area contributed by atoms with E-state index in [0.717, 1.165) is 55.7 Å². The van der Waals surface area contributed by atoms with Crippen LogP contribution in [-0.4, -0.2) is 76.0 Å². The highest BCUT2D eigenvalue weighted by atomic mass is 35.5. The van der Waals surface area contributed by atoms with Crippen LogP contribution in [0.2, 0.25) is 5.15 Å². The van der Waals surface area contributed by atoms with Crippen molar-refractivity contribution in [3.8, 4) is 11.4 Å². The van der Waals surface area contributed by atoms with E-state index in [2.05, 4.69) is 44.2 Å².